The molecule has 4 amide bonds. The average molecular weight is 434 g/mol. The van der Waals surface area contributed by atoms with E-state index in [0.717, 1.165) is 25.7 Å². The standard InChI is InChI=1S/C23H35N3O5/c1-13(2)24-22(30)25-19(27)14(3)31-20(28)18-5-4-6-26(18)21(29)23-10-15-7-16(11-23)9-17(8-15)12-23/h13-18H,4-12H2,1-3H3,(H2,24,25,27,30)/t14-,15?,16?,17?,18+,23?/m0/s1. The third-order valence-corrected chi connectivity index (χ3v) is 7.60. The molecule has 0 unspecified atom stereocenters. The van der Waals surface area contributed by atoms with Gasteiger partial charge in [-0.25, -0.2) is 9.59 Å². The minimum Gasteiger partial charge on any atom is -0.451 e. The van der Waals surface area contributed by atoms with Gasteiger partial charge in [-0.1, -0.05) is 0 Å². The molecule has 31 heavy (non-hydrogen) atoms. The van der Waals surface area contributed by atoms with E-state index in [4.69, 9.17) is 4.74 Å². The third-order valence-electron chi connectivity index (χ3n) is 7.60. The summed E-state index contributed by atoms with van der Waals surface area (Å²) in [4.78, 5) is 52.2. The van der Waals surface area contributed by atoms with Crippen LogP contribution in [0.5, 0.6) is 0 Å². The van der Waals surface area contributed by atoms with Gasteiger partial charge < -0.3 is 15.0 Å². The summed E-state index contributed by atoms with van der Waals surface area (Å²) in [6.07, 6.45) is 6.86. The van der Waals surface area contributed by atoms with E-state index < -0.39 is 30.1 Å². The SMILES string of the molecule is CC(C)NC(=O)NC(=O)[C@H](C)OC(=O)[C@H]1CCCN1C(=O)C12CC3CC(CC(C3)C1)C2. The summed E-state index contributed by atoms with van der Waals surface area (Å²) in [5.41, 5.74) is -0.296. The van der Waals surface area contributed by atoms with Crippen molar-refractivity contribution in [2.75, 3.05) is 6.54 Å². The van der Waals surface area contributed by atoms with E-state index >= 15 is 0 Å². The molecular formula is C23H35N3O5. The number of imide groups is 1. The summed E-state index contributed by atoms with van der Waals surface area (Å²) in [7, 11) is 0. The summed E-state index contributed by atoms with van der Waals surface area (Å²) in [6, 6.07) is -1.38. The maximum atomic E-state index is 13.7. The number of nitrogens with one attached hydrogen (secondary N) is 2. The number of ether oxygens (including phenoxy) is 1. The fraction of sp³-hybridized carbons (Fsp3) is 0.826. The first-order chi connectivity index (χ1) is 14.7. The van der Waals surface area contributed by atoms with Gasteiger partial charge in [-0.15, -0.1) is 0 Å². The highest BCUT2D eigenvalue weighted by Crippen LogP contribution is 2.60. The molecular weight excluding hydrogens is 398 g/mol. The lowest BCUT2D eigenvalue weighted by Crippen LogP contribution is -2.56. The van der Waals surface area contributed by atoms with Gasteiger partial charge in [0.25, 0.3) is 5.91 Å². The number of likely N-dealkylation sites (tertiary alicyclic amines) is 1. The number of esters is 1. The Hall–Kier alpha value is -2.12. The first-order valence-electron chi connectivity index (χ1n) is 11.8. The van der Waals surface area contributed by atoms with Crippen molar-refractivity contribution in [1.29, 1.82) is 0 Å². The van der Waals surface area contributed by atoms with Crippen molar-refractivity contribution in [3.63, 3.8) is 0 Å². The highest BCUT2D eigenvalue weighted by molar-refractivity contribution is 5.97. The van der Waals surface area contributed by atoms with Gasteiger partial charge in [0, 0.05) is 12.6 Å². The second-order valence-electron chi connectivity index (χ2n) is 10.6. The molecule has 1 heterocycles. The van der Waals surface area contributed by atoms with Crippen molar-refractivity contribution in [2.24, 2.45) is 23.2 Å². The molecule has 0 aromatic heterocycles. The van der Waals surface area contributed by atoms with Gasteiger partial charge in [-0.3, -0.25) is 14.9 Å². The highest BCUT2D eigenvalue weighted by atomic mass is 16.5. The molecule has 4 saturated carbocycles. The highest BCUT2D eigenvalue weighted by Gasteiger charge is 2.57. The molecule has 5 fully saturated rings. The Morgan fingerprint density at radius 3 is 2.10 bits per heavy atom. The van der Waals surface area contributed by atoms with Crippen molar-refractivity contribution in [3.8, 4) is 0 Å². The molecule has 4 bridgehead atoms. The number of hydrogen-bond acceptors (Lipinski definition) is 5. The average Bonchev–Trinajstić information content (AvgIpc) is 3.15. The van der Waals surface area contributed by atoms with Crippen LogP contribution in [-0.4, -0.2) is 53.4 Å². The topological polar surface area (TPSA) is 105 Å². The van der Waals surface area contributed by atoms with Crippen LogP contribution in [0.25, 0.3) is 0 Å². The zero-order valence-corrected chi connectivity index (χ0v) is 18.8. The minimum absolute atomic E-state index is 0.117. The number of nitrogens with zero attached hydrogens (tertiary/aromatic N) is 1. The Bertz CT molecular complexity index is 729. The van der Waals surface area contributed by atoms with Gasteiger partial charge in [0.15, 0.2) is 6.10 Å². The molecule has 0 aromatic rings. The maximum absolute atomic E-state index is 13.7. The van der Waals surface area contributed by atoms with Gasteiger partial charge in [0.2, 0.25) is 5.91 Å². The predicted octanol–water partition coefficient (Wildman–Crippen LogP) is 2.36. The van der Waals surface area contributed by atoms with Gasteiger partial charge in [-0.2, -0.15) is 0 Å². The second-order valence-corrected chi connectivity index (χ2v) is 10.6. The van der Waals surface area contributed by atoms with E-state index in [1.165, 1.54) is 26.2 Å². The molecule has 8 nitrogen and oxygen atoms in total. The molecule has 2 N–H and O–H groups in total. The predicted molar refractivity (Wildman–Crippen MR) is 113 cm³/mol. The van der Waals surface area contributed by atoms with Crippen molar-refractivity contribution in [2.45, 2.75) is 90.3 Å². The van der Waals surface area contributed by atoms with Crippen LogP contribution in [-0.2, 0) is 19.1 Å². The summed E-state index contributed by atoms with van der Waals surface area (Å²) in [5, 5.41) is 4.74. The first kappa shape index (κ1) is 22.1. The van der Waals surface area contributed by atoms with Crippen LogP contribution in [0.1, 0.15) is 72.1 Å². The summed E-state index contributed by atoms with van der Waals surface area (Å²) in [6.45, 7) is 5.57. The van der Waals surface area contributed by atoms with Crippen LogP contribution in [0.2, 0.25) is 0 Å². The zero-order chi connectivity index (χ0) is 22.3. The fourth-order valence-corrected chi connectivity index (χ4v) is 6.75. The van der Waals surface area contributed by atoms with Crippen molar-refractivity contribution in [3.05, 3.63) is 0 Å². The second kappa shape index (κ2) is 8.43. The molecule has 2 atom stereocenters. The molecule has 0 radical (unpaired) electrons. The number of amides is 4. The number of carbonyl (C=O) groups is 4. The van der Waals surface area contributed by atoms with E-state index in [9.17, 15) is 19.2 Å². The largest absolute Gasteiger partial charge is 0.451 e. The smallest absolute Gasteiger partial charge is 0.329 e. The Balaban J connectivity index is 1.37. The molecule has 5 rings (SSSR count). The lowest BCUT2D eigenvalue weighted by Gasteiger charge is -2.56. The fourth-order valence-electron chi connectivity index (χ4n) is 6.75. The molecule has 172 valence electrons. The molecule has 0 spiro atoms. The third kappa shape index (κ3) is 4.44. The summed E-state index contributed by atoms with van der Waals surface area (Å²) < 4.78 is 5.38. The quantitative estimate of drug-likeness (QED) is 0.648. The van der Waals surface area contributed by atoms with Crippen LogP contribution in [0.3, 0.4) is 0 Å². The molecule has 1 aliphatic heterocycles. The number of hydrogen-bond donors (Lipinski definition) is 2. The Morgan fingerprint density at radius 1 is 0.968 bits per heavy atom. The van der Waals surface area contributed by atoms with Gasteiger partial charge in [-0.05, 0) is 89.9 Å². The van der Waals surface area contributed by atoms with E-state index in [2.05, 4.69) is 10.6 Å². The molecule has 5 aliphatic rings. The van der Waals surface area contributed by atoms with Crippen LogP contribution in [0, 0.1) is 23.2 Å². The van der Waals surface area contributed by atoms with Gasteiger partial charge in [0.1, 0.15) is 6.04 Å². The van der Waals surface area contributed by atoms with Gasteiger partial charge >= 0.3 is 12.0 Å². The van der Waals surface area contributed by atoms with E-state index in [-0.39, 0.29) is 17.4 Å². The molecule has 0 aromatic carbocycles. The minimum atomic E-state index is -1.11. The number of rotatable bonds is 5. The monoisotopic (exact) mass is 433 g/mol. The molecule has 8 heteroatoms. The maximum Gasteiger partial charge on any atom is 0.329 e. The van der Waals surface area contributed by atoms with Crippen molar-refractivity contribution in [1.82, 2.24) is 15.5 Å². The summed E-state index contributed by atoms with van der Waals surface area (Å²) in [5.74, 6) is 0.863. The van der Waals surface area contributed by atoms with E-state index in [1.54, 1.807) is 18.7 Å². The molecule has 4 aliphatic carbocycles. The van der Waals surface area contributed by atoms with E-state index in [0.29, 0.717) is 30.7 Å². The van der Waals surface area contributed by atoms with Gasteiger partial charge in [0.05, 0.1) is 5.41 Å². The normalized spacial score (nSPS) is 34.5. The Morgan fingerprint density at radius 2 is 1.55 bits per heavy atom. The molecule has 1 saturated heterocycles. The van der Waals surface area contributed by atoms with Crippen LogP contribution >= 0.6 is 0 Å². The lowest BCUT2D eigenvalue weighted by atomic mass is 9.49. The Labute approximate surface area is 183 Å². The van der Waals surface area contributed by atoms with Crippen molar-refractivity contribution >= 4 is 23.8 Å². The zero-order valence-electron chi connectivity index (χ0n) is 18.8. The van der Waals surface area contributed by atoms with Crippen molar-refractivity contribution < 1.29 is 23.9 Å². The lowest BCUT2D eigenvalue weighted by molar-refractivity contribution is -0.168. The first-order valence-corrected chi connectivity index (χ1v) is 11.8. The van der Waals surface area contributed by atoms with Crippen LogP contribution < -0.4 is 10.6 Å². The summed E-state index contributed by atoms with van der Waals surface area (Å²) >= 11 is 0. The Kier molecular flexibility index (Phi) is 6.01. The van der Waals surface area contributed by atoms with E-state index in [1.807, 2.05) is 0 Å². The van der Waals surface area contributed by atoms with Crippen LogP contribution in [0.4, 0.5) is 4.79 Å². The number of urea groups is 1. The van der Waals surface area contributed by atoms with Crippen LogP contribution in [0.15, 0.2) is 0 Å². The number of carbonyl (C=O) groups excluding carboxylic acids is 4.